The summed E-state index contributed by atoms with van der Waals surface area (Å²) in [5, 5.41) is 11.9. The van der Waals surface area contributed by atoms with E-state index in [9.17, 15) is 5.11 Å². The van der Waals surface area contributed by atoms with Crippen LogP contribution in [-0.4, -0.2) is 60.3 Å². The summed E-state index contributed by atoms with van der Waals surface area (Å²) in [7, 11) is 2.17. The van der Waals surface area contributed by atoms with Gasteiger partial charge in [-0.25, -0.2) is 0 Å². The highest BCUT2D eigenvalue weighted by molar-refractivity contribution is 6.30. The second-order valence-corrected chi connectivity index (χ2v) is 6.96. The van der Waals surface area contributed by atoms with Crippen molar-refractivity contribution in [2.75, 3.05) is 39.8 Å². The van der Waals surface area contributed by atoms with E-state index in [1.165, 1.54) is 0 Å². The predicted molar refractivity (Wildman–Crippen MR) is 93.7 cm³/mol. The summed E-state index contributed by atoms with van der Waals surface area (Å²) in [5.74, 6) is 0.101. The van der Waals surface area contributed by atoms with Crippen molar-refractivity contribution in [1.82, 2.24) is 9.80 Å². The molecule has 4 heteroatoms. The molecule has 1 N–H and O–H groups in total. The van der Waals surface area contributed by atoms with Gasteiger partial charge in [-0.15, -0.1) is 0 Å². The molecule has 0 amide bonds. The Morgan fingerprint density at radius 2 is 1.82 bits per heavy atom. The van der Waals surface area contributed by atoms with Crippen molar-refractivity contribution in [3.05, 3.63) is 34.9 Å². The molecule has 1 atom stereocenters. The maximum absolute atomic E-state index is 11.1. The molecule has 1 fully saturated rings. The summed E-state index contributed by atoms with van der Waals surface area (Å²) in [4.78, 5) is 4.83. The fourth-order valence-electron chi connectivity index (χ4n) is 3.34. The van der Waals surface area contributed by atoms with Crippen LogP contribution in [0.3, 0.4) is 0 Å². The van der Waals surface area contributed by atoms with E-state index in [-0.39, 0.29) is 5.92 Å². The van der Waals surface area contributed by atoms with Crippen molar-refractivity contribution in [3.8, 4) is 0 Å². The van der Waals surface area contributed by atoms with Gasteiger partial charge >= 0.3 is 0 Å². The maximum atomic E-state index is 11.1. The summed E-state index contributed by atoms with van der Waals surface area (Å²) in [6, 6.07) is 8.00. The highest BCUT2D eigenvalue weighted by Gasteiger charge is 2.36. The first-order valence-electron chi connectivity index (χ1n) is 8.37. The van der Waals surface area contributed by atoms with Gasteiger partial charge in [0.15, 0.2) is 0 Å². The third-order valence-electron chi connectivity index (χ3n) is 5.16. The zero-order valence-corrected chi connectivity index (χ0v) is 14.8. The molecule has 1 saturated heterocycles. The summed E-state index contributed by atoms with van der Waals surface area (Å²) in [6.45, 7) is 9.37. The van der Waals surface area contributed by atoms with Gasteiger partial charge in [-0.3, -0.25) is 0 Å². The van der Waals surface area contributed by atoms with Crippen LogP contribution in [0.5, 0.6) is 0 Å². The minimum Gasteiger partial charge on any atom is -0.389 e. The number of likely N-dealkylation sites (N-methyl/N-ethyl adjacent to an activating group) is 1. The third-order valence-corrected chi connectivity index (χ3v) is 5.40. The van der Waals surface area contributed by atoms with Crippen molar-refractivity contribution in [1.29, 1.82) is 0 Å². The Hall–Kier alpha value is -0.610. The van der Waals surface area contributed by atoms with Gasteiger partial charge < -0.3 is 14.9 Å². The molecule has 0 aliphatic carbocycles. The zero-order valence-electron chi connectivity index (χ0n) is 14.1. The summed E-state index contributed by atoms with van der Waals surface area (Å²) in [5.41, 5.74) is 0.478. The van der Waals surface area contributed by atoms with Crippen molar-refractivity contribution < 1.29 is 5.11 Å². The van der Waals surface area contributed by atoms with E-state index < -0.39 is 5.60 Å². The van der Waals surface area contributed by atoms with Crippen LogP contribution < -0.4 is 0 Å². The van der Waals surface area contributed by atoms with Crippen LogP contribution >= 0.6 is 11.6 Å². The number of rotatable bonds is 6. The second-order valence-electron chi connectivity index (χ2n) is 6.52. The second kappa shape index (κ2) is 7.78. The molecule has 1 heterocycles. The van der Waals surface area contributed by atoms with Crippen molar-refractivity contribution in [2.45, 2.75) is 38.2 Å². The average Bonchev–Trinajstić information content (AvgIpc) is 2.53. The quantitative estimate of drug-likeness (QED) is 0.870. The largest absolute Gasteiger partial charge is 0.389 e. The van der Waals surface area contributed by atoms with Gasteiger partial charge in [-0.2, -0.15) is 0 Å². The number of aliphatic hydroxyl groups is 1. The van der Waals surface area contributed by atoms with Gasteiger partial charge in [-0.05, 0) is 37.6 Å². The lowest BCUT2D eigenvalue weighted by Gasteiger charge is -2.41. The molecule has 124 valence electrons. The number of piperazine rings is 1. The monoisotopic (exact) mass is 324 g/mol. The molecule has 0 spiro atoms. The topological polar surface area (TPSA) is 26.7 Å². The van der Waals surface area contributed by atoms with Gasteiger partial charge in [0, 0.05) is 43.7 Å². The summed E-state index contributed by atoms with van der Waals surface area (Å²) < 4.78 is 0. The maximum Gasteiger partial charge on any atom is 0.0723 e. The summed E-state index contributed by atoms with van der Waals surface area (Å²) in [6.07, 6.45) is 1.52. The van der Waals surface area contributed by atoms with E-state index >= 15 is 0 Å². The fraction of sp³-hybridized carbons (Fsp3) is 0.667. The molecule has 1 aliphatic heterocycles. The van der Waals surface area contributed by atoms with E-state index in [1.807, 2.05) is 18.2 Å². The Bertz CT molecular complexity index is 468. The molecule has 0 radical (unpaired) electrons. The molecule has 1 aromatic rings. The molecule has 22 heavy (non-hydrogen) atoms. The molecule has 0 aromatic heterocycles. The zero-order chi connectivity index (χ0) is 16.2. The van der Waals surface area contributed by atoms with Crippen molar-refractivity contribution >= 4 is 11.6 Å². The average molecular weight is 325 g/mol. The van der Waals surface area contributed by atoms with E-state index in [0.717, 1.165) is 56.2 Å². The number of benzene rings is 1. The van der Waals surface area contributed by atoms with E-state index in [0.29, 0.717) is 0 Å². The SMILES string of the molecule is CCC(O)(CC)C(CN1CCN(C)CC1)c1cccc(Cl)c1. The smallest absolute Gasteiger partial charge is 0.0723 e. The van der Waals surface area contributed by atoms with Crippen LogP contribution in [0, 0.1) is 0 Å². The van der Waals surface area contributed by atoms with Crippen molar-refractivity contribution in [2.24, 2.45) is 0 Å². The lowest BCUT2D eigenvalue weighted by atomic mass is 9.78. The Kier molecular flexibility index (Phi) is 6.27. The lowest BCUT2D eigenvalue weighted by molar-refractivity contribution is -0.0111. The van der Waals surface area contributed by atoms with E-state index in [1.54, 1.807) is 0 Å². The number of hydrogen-bond acceptors (Lipinski definition) is 3. The minimum absolute atomic E-state index is 0.101. The lowest BCUT2D eigenvalue weighted by Crippen LogP contribution is -2.49. The molecule has 0 saturated carbocycles. The molecule has 1 aliphatic rings. The first-order valence-corrected chi connectivity index (χ1v) is 8.75. The van der Waals surface area contributed by atoms with Crippen LogP contribution in [0.15, 0.2) is 24.3 Å². The molecular weight excluding hydrogens is 296 g/mol. The molecule has 2 rings (SSSR count). The van der Waals surface area contributed by atoms with Crippen LogP contribution in [0.1, 0.15) is 38.2 Å². The Balaban J connectivity index is 2.22. The van der Waals surface area contributed by atoms with E-state index in [2.05, 4.69) is 36.8 Å². The normalized spacial score (nSPS) is 19.3. The highest BCUT2D eigenvalue weighted by atomic mass is 35.5. The molecule has 1 aromatic carbocycles. The molecule has 0 bridgehead atoms. The van der Waals surface area contributed by atoms with Crippen molar-refractivity contribution in [3.63, 3.8) is 0 Å². The van der Waals surface area contributed by atoms with Gasteiger partial charge in [0.25, 0.3) is 0 Å². The fourth-order valence-corrected chi connectivity index (χ4v) is 3.54. The highest BCUT2D eigenvalue weighted by Crippen LogP contribution is 2.35. The van der Waals surface area contributed by atoms with Crippen LogP contribution in [0.25, 0.3) is 0 Å². The van der Waals surface area contributed by atoms with Gasteiger partial charge in [0.2, 0.25) is 0 Å². The van der Waals surface area contributed by atoms with Gasteiger partial charge in [0.1, 0.15) is 0 Å². The third kappa shape index (κ3) is 4.23. The number of halogens is 1. The Labute approximate surface area is 139 Å². The van der Waals surface area contributed by atoms with Crippen LogP contribution in [0.2, 0.25) is 5.02 Å². The molecular formula is C18H29ClN2O. The predicted octanol–water partition coefficient (Wildman–Crippen LogP) is 3.22. The van der Waals surface area contributed by atoms with Gasteiger partial charge in [0.05, 0.1) is 5.60 Å². The standard InChI is InChI=1S/C18H29ClN2O/c1-4-18(22,5-2)17(15-7-6-8-16(19)13-15)14-21-11-9-20(3)10-12-21/h6-8,13,17,22H,4-5,9-12,14H2,1-3H3. The van der Waals surface area contributed by atoms with Crippen LogP contribution in [0.4, 0.5) is 0 Å². The van der Waals surface area contributed by atoms with Crippen LogP contribution in [-0.2, 0) is 0 Å². The summed E-state index contributed by atoms with van der Waals surface area (Å²) >= 11 is 6.19. The first kappa shape index (κ1) is 17.7. The number of hydrogen-bond donors (Lipinski definition) is 1. The minimum atomic E-state index is -0.673. The molecule has 1 unspecified atom stereocenters. The van der Waals surface area contributed by atoms with E-state index in [4.69, 9.17) is 11.6 Å². The molecule has 3 nitrogen and oxygen atoms in total. The Morgan fingerprint density at radius 3 is 2.36 bits per heavy atom. The first-order chi connectivity index (χ1) is 10.5. The van der Waals surface area contributed by atoms with Gasteiger partial charge in [-0.1, -0.05) is 37.6 Å². The number of nitrogens with zero attached hydrogens (tertiary/aromatic N) is 2. The Morgan fingerprint density at radius 1 is 1.18 bits per heavy atom.